The monoisotopic (exact) mass is 308 g/mol. The van der Waals surface area contributed by atoms with Gasteiger partial charge in [0.1, 0.15) is 5.60 Å². The molecule has 4 nitrogen and oxygen atoms in total. The normalized spacial score (nSPS) is 17.3. The van der Waals surface area contributed by atoms with Crippen LogP contribution in [0.2, 0.25) is 0 Å². The molecule has 5 heteroatoms. The zero-order chi connectivity index (χ0) is 15.5. The molecule has 0 atom stereocenters. The number of carbonyl (C=O) groups is 1. The lowest BCUT2D eigenvalue weighted by Crippen LogP contribution is -2.48. The van der Waals surface area contributed by atoms with Crippen LogP contribution in [0.25, 0.3) is 0 Å². The van der Waals surface area contributed by atoms with Crippen molar-refractivity contribution in [2.24, 2.45) is 0 Å². The van der Waals surface area contributed by atoms with Gasteiger partial charge in [0.2, 0.25) is 0 Å². The number of hydrogen-bond donors (Lipinski definition) is 2. The van der Waals surface area contributed by atoms with Crippen molar-refractivity contribution in [3.8, 4) is 0 Å². The van der Waals surface area contributed by atoms with Gasteiger partial charge in [-0.3, -0.25) is 4.79 Å². The highest BCUT2D eigenvalue weighted by Gasteiger charge is 2.37. The molecule has 0 bridgehead atoms. The van der Waals surface area contributed by atoms with Crippen molar-refractivity contribution >= 4 is 23.4 Å². The Morgan fingerprint density at radius 3 is 2.67 bits per heavy atom. The number of aryl methyl sites for hydroxylation is 1. The molecule has 0 aromatic heterocycles. The molecule has 0 aliphatic carbocycles. The first-order chi connectivity index (χ1) is 9.92. The molecule has 1 aromatic carbocycles. The topological polar surface area (TPSA) is 52.6 Å². The molecule has 0 spiro atoms. The van der Waals surface area contributed by atoms with Gasteiger partial charge in [0.05, 0.1) is 0 Å². The number of nitrogens with one attached hydrogen (secondary N) is 1. The zero-order valence-corrected chi connectivity index (χ0v) is 13.8. The van der Waals surface area contributed by atoms with Gasteiger partial charge in [-0.15, -0.1) is 0 Å². The Bertz CT molecular complexity index is 511. The van der Waals surface area contributed by atoms with Crippen LogP contribution in [-0.2, 0) is 11.3 Å². The molecule has 0 unspecified atom stereocenters. The first-order valence-electron chi connectivity index (χ1n) is 7.28. The Labute approximate surface area is 130 Å². The summed E-state index contributed by atoms with van der Waals surface area (Å²) in [7, 11) is 3.98. The van der Waals surface area contributed by atoms with E-state index in [-0.39, 0.29) is 5.91 Å². The average molecular weight is 308 g/mol. The summed E-state index contributed by atoms with van der Waals surface area (Å²) in [6.07, 6.45) is 1.08. The second-order valence-electron chi connectivity index (χ2n) is 5.85. The first kappa shape index (κ1) is 16.2. The Morgan fingerprint density at radius 1 is 1.38 bits per heavy atom. The van der Waals surface area contributed by atoms with Crippen molar-refractivity contribution in [3.05, 3.63) is 29.3 Å². The first-order valence-corrected chi connectivity index (χ1v) is 8.43. The summed E-state index contributed by atoms with van der Waals surface area (Å²) >= 11 is 1.79. The van der Waals surface area contributed by atoms with E-state index in [9.17, 15) is 9.90 Å². The van der Waals surface area contributed by atoms with Crippen LogP contribution in [0, 0.1) is 6.92 Å². The van der Waals surface area contributed by atoms with Crippen molar-refractivity contribution in [1.82, 2.24) is 5.32 Å². The molecular weight excluding hydrogens is 284 g/mol. The lowest BCUT2D eigenvalue weighted by molar-refractivity contribution is -0.140. The number of thioether (sulfide) groups is 1. The van der Waals surface area contributed by atoms with Gasteiger partial charge in [-0.1, -0.05) is 12.1 Å². The molecule has 0 saturated carbocycles. The van der Waals surface area contributed by atoms with Gasteiger partial charge in [-0.25, -0.2) is 0 Å². The van der Waals surface area contributed by atoms with Crippen LogP contribution in [0.5, 0.6) is 0 Å². The van der Waals surface area contributed by atoms with Gasteiger partial charge in [0, 0.05) is 26.3 Å². The highest BCUT2D eigenvalue weighted by molar-refractivity contribution is 7.99. The molecule has 116 valence electrons. The van der Waals surface area contributed by atoms with Crippen LogP contribution >= 0.6 is 11.8 Å². The molecule has 1 amide bonds. The predicted molar refractivity (Wildman–Crippen MR) is 88.9 cm³/mol. The van der Waals surface area contributed by atoms with Gasteiger partial charge >= 0.3 is 0 Å². The minimum Gasteiger partial charge on any atom is -0.380 e. The molecule has 2 rings (SSSR count). The molecule has 2 N–H and O–H groups in total. The SMILES string of the molecule is Cc1ccc(CNC(=O)C2(O)CCSCC2)c(N(C)C)c1. The van der Waals surface area contributed by atoms with Crippen molar-refractivity contribution in [1.29, 1.82) is 0 Å². The number of carbonyl (C=O) groups excluding carboxylic acids is 1. The van der Waals surface area contributed by atoms with Gasteiger partial charge in [-0.05, 0) is 48.5 Å². The van der Waals surface area contributed by atoms with Crippen molar-refractivity contribution in [2.75, 3.05) is 30.5 Å². The standard InChI is InChI=1S/C16H24N2O2S/c1-12-4-5-13(14(10-12)18(2)3)11-17-15(19)16(20)6-8-21-9-7-16/h4-5,10,20H,6-9,11H2,1-3H3,(H,17,19). The Morgan fingerprint density at radius 2 is 2.05 bits per heavy atom. The largest absolute Gasteiger partial charge is 0.380 e. The predicted octanol–water partition coefficient (Wildman–Crippen LogP) is 1.94. The molecule has 1 fully saturated rings. The summed E-state index contributed by atoms with van der Waals surface area (Å²) in [5.41, 5.74) is 2.17. The average Bonchev–Trinajstić information content (AvgIpc) is 2.46. The smallest absolute Gasteiger partial charge is 0.252 e. The summed E-state index contributed by atoms with van der Waals surface area (Å²) < 4.78 is 0. The van der Waals surface area contributed by atoms with E-state index in [1.807, 2.05) is 31.1 Å². The van der Waals surface area contributed by atoms with Crippen LogP contribution in [0.4, 0.5) is 5.69 Å². The lowest BCUT2D eigenvalue weighted by Gasteiger charge is -2.30. The number of nitrogens with zero attached hydrogens (tertiary/aromatic N) is 1. The Hall–Kier alpha value is -1.20. The van der Waals surface area contributed by atoms with Crippen LogP contribution in [0.3, 0.4) is 0 Å². The Balaban J connectivity index is 2.04. The van der Waals surface area contributed by atoms with E-state index in [2.05, 4.69) is 18.3 Å². The number of rotatable bonds is 4. The summed E-state index contributed by atoms with van der Waals surface area (Å²) in [5, 5.41) is 13.3. The third-order valence-corrected chi connectivity index (χ3v) is 4.89. The fourth-order valence-electron chi connectivity index (χ4n) is 2.52. The van der Waals surface area contributed by atoms with Crippen LogP contribution < -0.4 is 10.2 Å². The molecule has 21 heavy (non-hydrogen) atoms. The van der Waals surface area contributed by atoms with Crippen LogP contribution in [-0.4, -0.2) is 42.2 Å². The van der Waals surface area contributed by atoms with Gasteiger partial charge in [0.25, 0.3) is 5.91 Å². The third kappa shape index (κ3) is 3.92. The fourth-order valence-corrected chi connectivity index (χ4v) is 3.68. The number of benzene rings is 1. The van der Waals surface area contributed by atoms with Crippen molar-refractivity contribution < 1.29 is 9.90 Å². The molecular formula is C16H24N2O2S. The summed E-state index contributed by atoms with van der Waals surface area (Å²) in [5.74, 6) is 1.45. The maximum absolute atomic E-state index is 12.3. The van der Waals surface area contributed by atoms with E-state index in [4.69, 9.17) is 0 Å². The highest BCUT2D eigenvalue weighted by Crippen LogP contribution is 2.27. The fraction of sp³-hybridized carbons (Fsp3) is 0.562. The lowest BCUT2D eigenvalue weighted by atomic mass is 9.95. The summed E-state index contributed by atoms with van der Waals surface area (Å²) in [6.45, 7) is 2.50. The second kappa shape index (κ2) is 6.71. The van der Waals surface area contributed by atoms with Gasteiger partial charge < -0.3 is 15.3 Å². The number of hydrogen-bond acceptors (Lipinski definition) is 4. The maximum atomic E-state index is 12.3. The van der Waals surface area contributed by atoms with E-state index < -0.39 is 5.60 Å². The van der Waals surface area contributed by atoms with Gasteiger partial charge in [-0.2, -0.15) is 11.8 Å². The van der Waals surface area contributed by atoms with Crippen molar-refractivity contribution in [2.45, 2.75) is 31.9 Å². The number of aliphatic hydroxyl groups is 1. The van der Waals surface area contributed by atoms with Gasteiger partial charge in [0.15, 0.2) is 0 Å². The van der Waals surface area contributed by atoms with E-state index in [0.717, 1.165) is 22.8 Å². The highest BCUT2D eigenvalue weighted by atomic mass is 32.2. The molecule has 0 radical (unpaired) electrons. The Kier molecular flexibility index (Phi) is 5.17. The quantitative estimate of drug-likeness (QED) is 0.892. The molecule has 1 heterocycles. The molecule has 1 aliphatic heterocycles. The molecule has 1 aromatic rings. The van der Waals surface area contributed by atoms with E-state index in [1.165, 1.54) is 5.56 Å². The third-order valence-electron chi connectivity index (χ3n) is 3.90. The molecule has 1 saturated heterocycles. The minimum absolute atomic E-state index is 0.243. The van der Waals surface area contributed by atoms with Crippen LogP contribution in [0.1, 0.15) is 24.0 Å². The zero-order valence-electron chi connectivity index (χ0n) is 13.0. The second-order valence-corrected chi connectivity index (χ2v) is 7.08. The van der Waals surface area contributed by atoms with E-state index in [1.54, 1.807) is 11.8 Å². The van der Waals surface area contributed by atoms with Crippen molar-refractivity contribution in [3.63, 3.8) is 0 Å². The maximum Gasteiger partial charge on any atom is 0.252 e. The number of amides is 1. The summed E-state index contributed by atoms with van der Waals surface area (Å²) in [6, 6.07) is 6.18. The number of anilines is 1. The summed E-state index contributed by atoms with van der Waals surface area (Å²) in [4.78, 5) is 14.3. The van der Waals surface area contributed by atoms with E-state index in [0.29, 0.717) is 19.4 Å². The molecule has 1 aliphatic rings. The van der Waals surface area contributed by atoms with E-state index >= 15 is 0 Å². The minimum atomic E-state index is -1.19. The van der Waals surface area contributed by atoms with Crippen LogP contribution in [0.15, 0.2) is 18.2 Å².